The maximum Gasteiger partial charge on any atom is 0.303 e. The lowest BCUT2D eigenvalue weighted by Crippen LogP contribution is -2.58. The topological polar surface area (TPSA) is 110 Å². The van der Waals surface area contributed by atoms with E-state index in [1.165, 1.54) is 13.8 Å². The van der Waals surface area contributed by atoms with Gasteiger partial charge in [-0.15, -0.1) is 0 Å². The molecule has 1 N–H and O–H groups in total. The number of hydrogen-bond donors (Lipinski definition) is 1. The fourth-order valence-electron chi connectivity index (χ4n) is 5.66. The summed E-state index contributed by atoms with van der Waals surface area (Å²) >= 11 is 0. The SMILES string of the molecule is COc1ccc(C(OC2C3CC(OC(C)=O)C(O)(O3)C2OC(C)=O)(c2ccccc2)c2ccc(OC)cc2)cc1. The molecule has 2 aliphatic rings. The van der Waals surface area contributed by atoms with Gasteiger partial charge in [0.1, 0.15) is 23.2 Å². The van der Waals surface area contributed by atoms with Crippen LogP contribution in [0.15, 0.2) is 78.9 Å². The molecule has 5 atom stereocenters. The first-order valence-corrected chi connectivity index (χ1v) is 13.0. The highest BCUT2D eigenvalue weighted by Crippen LogP contribution is 2.51. The van der Waals surface area contributed by atoms with Crippen molar-refractivity contribution in [1.29, 1.82) is 0 Å². The molecule has 3 aromatic carbocycles. The van der Waals surface area contributed by atoms with Gasteiger partial charge in [-0.3, -0.25) is 9.59 Å². The smallest absolute Gasteiger partial charge is 0.303 e. The molecular weight excluding hydrogens is 516 g/mol. The zero-order valence-corrected chi connectivity index (χ0v) is 22.7. The fraction of sp³-hybridized carbons (Fsp3) is 0.355. The quantitative estimate of drug-likeness (QED) is 0.316. The highest BCUT2D eigenvalue weighted by molar-refractivity contribution is 5.67. The minimum absolute atomic E-state index is 0.161. The van der Waals surface area contributed by atoms with Crippen molar-refractivity contribution in [3.63, 3.8) is 0 Å². The molecule has 9 nitrogen and oxygen atoms in total. The monoisotopic (exact) mass is 548 g/mol. The van der Waals surface area contributed by atoms with Crippen LogP contribution in [0, 0.1) is 0 Å². The third-order valence-electron chi connectivity index (χ3n) is 7.41. The van der Waals surface area contributed by atoms with Gasteiger partial charge in [-0.25, -0.2) is 0 Å². The van der Waals surface area contributed by atoms with Crippen molar-refractivity contribution >= 4 is 11.9 Å². The minimum atomic E-state index is -2.07. The Morgan fingerprint density at radius 2 is 1.30 bits per heavy atom. The number of esters is 2. The Labute approximate surface area is 232 Å². The third kappa shape index (κ3) is 4.81. The van der Waals surface area contributed by atoms with Crippen LogP contribution in [-0.2, 0) is 34.1 Å². The lowest BCUT2D eigenvalue weighted by Gasteiger charge is -2.43. The summed E-state index contributed by atoms with van der Waals surface area (Å²) < 4.78 is 34.8. The molecule has 2 bridgehead atoms. The molecule has 2 fully saturated rings. The van der Waals surface area contributed by atoms with Gasteiger partial charge in [0.15, 0.2) is 12.2 Å². The minimum Gasteiger partial charge on any atom is -0.497 e. The predicted octanol–water partition coefficient (Wildman–Crippen LogP) is 3.74. The summed E-state index contributed by atoms with van der Waals surface area (Å²) in [5.74, 6) is -1.96. The molecule has 3 aromatic rings. The van der Waals surface area contributed by atoms with Crippen molar-refractivity contribution < 1.29 is 43.1 Å². The lowest BCUT2D eigenvalue weighted by molar-refractivity contribution is -0.258. The summed E-state index contributed by atoms with van der Waals surface area (Å²) in [5, 5.41) is 11.6. The van der Waals surface area contributed by atoms with Crippen molar-refractivity contribution in [2.45, 2.75) is 56.1 Å². The van der Waals surface area contributed by atoms with Crippen molar-refractivity contribution in [2.75, 3.05) is 14.2 Å². The van der Waals surface area contributed by atoms with E-state index in [1.54, 1.807) is 14.2 Å². The number of ether oxygens (including phenoxy) is 6. The zero-order chi connectivity index (χ0) is 28.5. The van der Waals surface area contributed by atoms with Crippen LogP contribution in [-0.4, -0.2) is 61.5 Å². The van der Waals surface area contributed by atoms with Gasteiger partial charge >= 0.3 is 11.9 Å². The number of methoxy groups -OCH3 is 2. The highest BCUT2D eigenvalue weighted by Gasteiger charge is 2.69. The van der Waals surface area contributed by atoms with Crippen LogP contribution >= 0.6 is 0 Å². The van der Waals surface area contributed by atoms with E-state index in [-0.39, 0.29) is 6.42 Å². The van der Waals surface area contributed by atoms with E-state index in [2.05, 4.69) is 0 Å². The number of rotatable bonds is 9. The molecule has 2 aliphatic heterocycles. The first-order chi connectivity index (χ1) is 19.2. The summed E-state index contributed by atoms with van der Waals surface area (Å²) in [6.07, 6.45) is -3.79. The number of aliphatic hydroxyl groups is 1. The molecule has 0 saturated carbocycles. The standard InChI is InChI=1S/C31H32O9/c1-19(32)37-27-18-26-28(29(38-20(2)33)31(27,34)39-26)40-30(21-8-6-5-7-9-21,22-10-14-24(35-3)15-11-22)23-12-16-25(36-4)17-13-23/h5-17,26-29,34H,18H2,1-4H3. The van der Waals surface area contributed by atoms with Gasteiger partial charge in [0.25, 0.3) is 0 Å². The number of hydrogen-bond acceptors (Lipinski definition) is 9. The van der Waals surface area contributed by atoms with Gasteiger partial charge in [0.2, 0.25) is 5.79 Å². The van der Waals surface area contributed by atoms with Crippen LogP contribution < -0.4 is 9.47 Å². The van der Waals surface area contributed by atoms with Crippen LogP contribution in [0.1, 0.15) is 37.0 Å². The van der Waals surface area contributed by atoms with Crippen LogP contribution in [0.3, 0.4) is 0 Å². The van der Waals surface area contributed by atoms with Gasteiger partial charge in [-0.05, 0) is 41.0 Å². The molecule has 0 radical (unpaired) electrons. The molecular formula is C31H32O9. The van der Waals surface area contributed by atoms with E-state index in [4.69, 9.17) is 28.4 Å². The Hall–Kier alpha value is -3.92. The van der Waals surface area contributed by atoms with E-state index in [1.807, 2.05) is 78.9 Å². The van der Waals surface area contributed by atoms with Gasteiger partial charge in [0, 0.05) is 20.3 Å². The van der Waals surface area contributed by atoms with Crippen LogP contribution in [0.5, 0.6) is 11.5 Å². The third-order valence-corrected chi connectivity index (χ3v) is 7.41. The van der Waals surface area contributed by atoms with Crippen LogP contribution in [0.25, 0.3) is 0 Å². The second-order valence-corrected chi connectivity index (χ2v) is 9.86. The Morgan fingerprint density at radius 1 is 0.800 bits per heavy atom. The average molecular weight is 549 g/mol. The first-order valence-electron chi connectivity index (χ1n) is 13.0. The van der Waals surface area contributed by atoms with Crippen molar-refractivity contribution in [1.82, 2.24) is 0 Å². The van der Waals surface area contributed by atoms with Crippen LogP contribution in [0.4, 0.5) is 0 Å². The Kier molecular flexibility index (Phi) is 7.55. The summed E-state index contributed by atoms with van der Waals surface area (Å²) in [4.78, 5) is 24.0. The lowest BCUT2D eigenvalue weighted by atomic mass is 9.79. The van der Waals surface area contributed by atoms with Gasteiger partial charge in [-0.2, -0.15) is 0 Å². The summed E-state index contributed by atoms with van der Waals surface area (Å²) in [6.45, 7) is 2.49. The fourth-order valence-corrected chi connectivity index (χ4v) is 5.66. The molecule has 9 heteroatoms. The molecule has 40 heavy (non-hydrogen) atoms. The number of fused-ring (bicyclic) bond motifs is 2. The van der Waals surface area contributed by atoms with Gasteiger partial charge in [0.05, 0.1) is 20.3 Å². The molecule has 5 rings (SSSR count). The summed E-state index contributed by atoms with van der Waals surface area (Å²) in [6, 6.07) is 24.6. The predicted molar refractivity (Wildman–Crippen MR) is 143 cm³/mol. The number of benzene rings is 3. The molecule has 2 heterocycles. The molecule has 5 unspecified atom stereocenters. The molecule has 0 aliphatic carbocycles. The summed E-state index contributed by atoms with van der Waals surface area (Å²) in [7, 11) is 3.19. The van der Waals surface area contributed by atoms with Crippen LogP contribution in [0.2, 0.25) is 0 Å². The maximum absolute atomic E-state index is 12.2. The average Bonchev–Trinajstić information content (AvgIpc) is 3.41. The highest BCUT2D eigenvalue weighted by atomic mass is 16.7. The van der Waals surface area contributed by atoms with E-state index in [0.29, 0.717) is 11.5 Å². The second-order valence-electron chi connectivity index (χ2n) is 9.86. The molecule has 0 amide bonds. The van der Waals surface area contributed by atoms with E-state index >= 15 is 0 Å². The van der Waals surface area contributed by atoms with Crippen molar-refractivity contribution in [2.24, 2.45) is 0 Å². The Balaban J connectivity index is 1.68. The first kappa shape index (κ1) is 27.6. The molecule has 2 saturated heterocycles. The Morgan fingerprint density at radius 3 is 1.77 bits per heavy atom. The van der Waals surface area contributed by atoms with Gasteiger partial charge < -0.3 is 33.5 Å². The second kappa shape index (κ2) is 10.9. The molecule has 210 valence electrons. The van der Waals surface area contributed by atoms with E-state index in [9.17, 15) is 14.7 Å². The van der Waals surface area contributed by atoms with Gasteiger partial charge in [-0.1, -0.05) is 54.6 Å². The van der Waals surface area contributed by atoms with E-state index in [0.717, 1.165) is 16.7 Å². The van der Waals surface area contributed by atoms with E-state index < -0.39 is 47.7 Å². The normalized spacial score (nSPS) is 25.3. The van der Waals surface area contributed by atoms with Crippen molar-refractivity contribution in [3.05, 3.63) is 95.6 Å². The van der Waals surface area contributed by atoms with Crippen molar-refractivity contribution in [3.8, 4) is 11.5 Å². The number of carbonyl (C=O) groups is 2. The Bertz CT molecular complexity index is 1290. The molecule has 0 aromatic heterocycles. The maximum atomic E-state index is 12.2. The summed E-state index contributed by atoms with van der Waals surface area (Å²) in [5.41, 5.74) is 1.07. The zero-order valence-electron chi connectivity index (χ0n) is 22.7. The molecule has 0 spiro atoms. The number of carbonyl (C=O) groups excluding carboxylic acids is 2. The largest absolute Gasteiger partial charge is 0.497 e.